The summed E-state index contributed by atoms with van der Waals surface area (Å²) in [5.41, 5.74) is 5.32. The predicted octanol–water partition coefficient (Wildman–Crippen LogP) is 4.36. The van der Waals surface area contributed by atoms with Crippen molar-refractivity contribution < 1.29 is 9.18 Å². The van der Waals surface area contributed by atoms with Crippen molar-refractivity contribution in [3.63, 3.8) is 0 Å². The van der Waals surface area contributed by atoms with Crippen molar-refractivity contribution >= 4 is 17.3 Å². The third kappa shape index (κ3) is 3.66. The van der Waals surface area contributed by atoms with Crippen LogP contribution in [-0.2, 0) is 6.54 Å². The number of pyridine rings is 1. The summed E-state index contributed by atoms with van der Waals surface area (Å²) in [7, 11) is 4.01. The monoisotopic (exact) mass is 390 g/mol. The number of carbonyl (C=O) groups excluding carboxylic acids is 1. The lowest BCUT2D eigenvalue weighted by Gasteiger charge is -2.27. The highest BCUT2D eigenvalue weighted by atomic mass is 19.1. The Kier molecular flexibility index (Phi) is 4.92. The molecule has 148 valence electrons. The molecule has 1 aromatic heterocycles. The molecule has 2 aromatic carbocycles. The zero-order valence-electron chi connectivity index (χ0n) is 16.7. The number of halogens is 1. The van der Waals surface area contributed by atoms with Gasteiger partial charge in [-0.2, -0.15) is 0 Å². The van der Waals surface area contributed by atoms with Crippen LogP contribution in [0.2, 0.25) is 0 Å². The standard InChI is InChI=1S/C23H23FN4O/c1-15-6-11-18(13-20(15)27(2)3)26-22-21-19(5-4-12-25-21)23(29)28(22)14-16-7-9-17(24)10-8-16/h4-13,22,26H,14H2,1-3H3/t22-/m0/s1. The largest absolute Gasteiger partial charge is 0.377 e. The zero-order chi connectivity index (χ0) is 20.5. The lowest BCUT2D eigenvalue weighted by molar-refractivity contribution is 0.0728. The summed E-state index contributed by atoms with van der Waals surface area (Å²) in [6, 6.07) is 15.9. The number of hydrogen-bond donors (Lipinski definition) is 1. The Morgan fingerprint density at radius 3 is 2.62 bits per heavy atom. The molecule has 3 aromatic rings. The molecule has 1 aliphatic heterocycles. The van der Waals surface area contributed by atoms with Crippen molar-refractivity contribution in [1.82, 2.24) is 9.88 Å². The number of aryl methyl sites for hydroxylation is 1. The van der Waals surface area contributed by atoms with Gasteiger partial charge in [-0.3, -0.25) is 9.78 Å². The maximum Gasteiger partial charge on any atom is 0.258 e. The third-order valence-corrected chi connectivity index (χ3v) is 5.16. The first-order valence-electron chi connectivity index (χ1n) is 9.49. The van der Waals surface area contributed by atoms with E-state index in [0.29, 0.717) is 17.8 Å². The maximum atomic E-state index is 13.3. The Bertz CT molecular complexity index is 1050. The van der Waals surface area contributed by atoms with Gasteiger partial charge in [-0.1, -0.05) is 18.2 Å². The fraction of sp³-hybridized carbons (Fsp3) is 0.217. The van der Waals surface area contributed by atoms with Gasteiger partial charge in [0.25, 0.3) is 5.91 Å². The molecule has 0 spiro atoms. The van der Waals surface area contributed by atoms with E-state index in [4.69, 9.17) is 0 Å². The van der Waals surface area contributed by atoms with E-state index < -0.39 is 6.17 Å². The predicted molar refractivity (Wildman–Crippen MR) is 112 cm³/mol. The molecule has 0 fully saturated rings. The van der Waals surface area contributed by atoms with Crippen molar-refractivity contribution in [2.75, 3.05) is 24.3 Å². The summed E-state index contributed by atoms with van der Waals surface area (Å²) < 4.78 is 13.3. The van der Waals surface area contributed by atoms with Gasteiger partial charge in [0.1, 0.15) is 12.0 Å². The molecule has 0 radical (unpaired) electrons. The summed E-state index contributed by atoms with van der Waals surface area (Å²) in [6.45, 7) is 2.43. The first-order valence-corrected chi connectivity index (χ1v) is 9.49. The van der Waals surface area contributed by atoms with Crippen molar-refractivity contribution in [3.8, 4) is 0 Å². The molecule has 1 amide bonds. The Balaban J connectivity index is 1.68. The van der Waals surface area contributed by atoms with Crippen LogP contribution in [0.5, 0.6) is 0 Å². The fourth-order valence-corrected chi connectivity index (χ4v) is 3.67. The number of carbonyl (C=O) groups is 1. The second kappa shape index (κ2) is 7.54. The van der Waals surface area contributed by atoms with Crippen molar-refractivity contribution in [2.45, 2.75) is 19.6 Å². The fourth-order valence-electron chi connectivity index (χ4n) is 3.67. The quantitative estimate of drug-likeness (QED) is 0.703. The van der Waals surface area contributed by atoms with Crippen LogP contribution in [0.25, 0.3) is 0 Å². The average Bonchev–Trinajstić information content (AvgIpc) is 2.97. The van der Waals surface area contributed by atoms with E-state index in [0.717, 1.165) is 16.9 Å². The number of anilines is 2. The van der Waals surface area contributed by atoms with E-state index in [2.05, 4.69) is 34.3 Å². The molecule has 2 heterocycles. The molecule has 0 unspecified atom stereocenters. The van der Waals surface area contributed by atoms with Gasteiger partial charge in [0.2, 0.25) is 0 Å². The van der Waals surface area contributed by atoms with Crippen LogP contribution in [0.15, 0.2) is 60.8 Å². The third-order valence-electron chi connectivity index (χ3n) is 5.16. The summed E-state index contributed by atoms with van der Waals surface area (Å²) >= 11 is 0. The number of aromatic nitrogens is 1. The second-order valence-corrected chi connectivity index (χ2v) is 7.44. The van der Waals surface area contributed by atoms with Crippen LogP contribution in [0.1, 0.15) is 33.3 Å². The SMILES string of the molecule is Cc1ccc(N[C@@H]2c3ncccc3C(=O)N2Cc2ccc(F)cc2)cc1N(C)C. The minimum Gasteiger partial charge on any atom is -0.377 e. The van der Waals surface area contributed by atoms with Gasteiger partial charge in [0.05, 0.1) is 11.3 Å². The maximum absolute atomic E-state index is 13.3. The highest BCUT2D eigenvalue weighted by molar-refractivity contribution is 5.98. The van der Waals surface area contributed by atoms with Gasteiger partial charge < -0.3 is 15.1 Å². The van der Waals surface area contributed by atoms with Gasteiger partial charge >= 0.3 is 0 Å². The van der Waals surface area contributed by atoms with Crippen molar-refractivity contribution in [1.29, 1.82) is 0 Å². The number of amides is 1. The van der Waals surface area contributed by atoms with Gasteiger partial charge in [0, 0.05) is 38.2 Å². The summed E-state index contributed by atoms with van der Waals surface area (Å²) in [4.78, 5) is 21.3. The molecule has 4 rings (SSSR count). The van der Waals surface area contributed by atoms with Crippen LogP contribution >= 0.6 is 0 Å². The van der Waals surface area contributed by atoms with Crippen LogP contribution in [0.4, 0.5) is 15.8 Å². The van der Waals surface area contributed by atoms with E-state index in [1.807, 2.05) is 20.2 Å². The Morgan fingerprint density at radius 2 is 1.90 bits per heavy atom. The Morgan fingerprint density at radius 1 is 1.14 bits per heavy atom. The van der Waals surface area contributed by atoms with Crippen LogP contribution in [-0.4, -0.2) is 29.9 Å². The number of fused-ring (bicyclic) bond motifs is 1. The zero-order valence-corrected chi connectivity index (χ0v) is 16.7. The van der Waals surface area contributed by atoms with Gasteiger partial charge in [-0.25, -0.2) is 4.39 Å². The molecule has 6 heteroatoms. The minimum atomic E-state index is -0.401. The van der Waals surface area contributed by atoms with E-state index in [9.17, 15) is 9.18 Å². The van der Waals surface area contributed by atoms with Crippen LogP contribution in [0, 0.1) is 12.7 Å². The van der Waals surface area contributed by atoms with Crippen molar-refractivity contribution in [3.05, 3.63) is 89.0 Å². The highest BCUT2D eigenvalue weighted by Crippen LogP contribution is 2.35. The first-order chi connectivity index (χ1) is 13.9. The number of rotatable bonds is 5. The average molecular weight is 390 g/mol. The molecule has 1 aliphatic rings. The minimum absolute atomic E-state index is 0.0881. The van der Waals surface area contributed by atoms with E-state index >= 15 is 0 Å². The highest BCUT2D eigenvalue weighted by Gasteiger charge is 2.37. The topological polar surface area (TPSA) is 48.5 Å². The number of hydrogen-bond acceptors (Lipinski definition) is 4. The molecular weight excluding hydrogens is 367 g/mol. The molecule has 5 nitrogen and oxygen atoms in total. The Labute approximate surface area is 169 Å². The van der Waals surface area contributed by atoms with Crippen LogP contribution < -0.4 is 10.2 Å². The smallest absolute Gasteiger partial charge is 0.258 e. The van der Waals surface area contributed by atoms with Crippen molar-refractivity contribution in [2.24, 2.45) is 0 Å². The summed E-state index contributed by atoms with van der Waals surface area (Å²) in [5.74, 6) is -0.383. The van der Waals surface area contributed by atoms with Crippen LogP contribution in [0.3, 0.4) is 0 Å². The number of nitrogens with one attached hydrogen (secondary N) is 1. The summed E-state index contributed by atoms with van der Waals surface area (Å²) in [5, 5.41) is 3.47. The normalized spacial score (nSPS) is 15.4. The molecule has 0 saturated heterocycles. The van der Waals surface area contributed by atoms with Gasteiger partial charge in [-0.05, 0) is 54.4 Å². The molecule has 0 aliphatic carbocycles. The number of nitrogens with zero attached hydrogens (tertiary/aromatic N) is 3. The van der Waals surface area contributed by atoms with E-state index in [-0.39, 0.29) is 11.7 Å². The molecule has 29 heavy (non-hydrogen) atoms. The molecule has 0 bridgehead atoms. The lowest BCUT2D eigenvalue weighted by Crippen LogP contribution is -2.32. The Hall–Kier alpha value is -3.41. The van der Waals surface area contributed by atoms with Gasteiger partial charge in [0.15, 0.2) is 0 Å². The molecule has 1 N–H and O–H groups in total. The van der Waals surface area contributed by atoms with E-state index in [1.165, 1.54) is 17.7 Å². The second-order valence-electron chi connectivity index (χ2n) is 7.44. The van der Waals surface area contributed by atoms with E-state index in [1.54, 1.807) is 35.4 Å². The first kappa shape index (κ1) is 18.9. The lowest BCUT2D eigenvalue weighted by atomic mass is 10.1. The molecule has 0 saturated carbocycles. The number of benzene rings is 2. The molecular formula is C23H23FN4O. The molecule has 1 atom stereocenters. The van der Waals surface area contributed by atoms with Gasteiger partial charge in [-0.15, -0.1) is 0 Å². The summed E-state index contributed by atoms with van der Waals surface area (Å²) in [6.07, 6.45) is 1.30.